The van der Waals surface area contributed by atoms with Crippen LogP contribution in [-0.2, 0) is 11.3 Å². The molecule has 114 valence electrons. The van der Waals surface area contributed by atoms with E-state index < -0.39 is 0 Å². The number of methoxy groups -OCH3 is 1. The lowest BCUT2D eigenvalue weighted by Gasteiger charge is -2.15. The number of nitrogens with zero attached hydrogens (tertiary/aromatic N) is 1. The highest BCUT2D eigenvalue weighted by Crippen LogP contribution is 2.21. The molecule has 3 nitrogen and oxygen atoms in total. The molecule has 0 bridgehead atoms. The van der Waals surface area contributed by atoms with E-state index in [0.717, 1.165) is 22.4 Å². The lowest BCUT2D eigenvalue weighted by atomic mass is 10.1. The second-order valence-corrected chi connectivity index (χ2v) is 5.26. The molecule has 0 heterocycles. The number of ether oxygens (including phenoxy) is 1. The van der Waals surface area contributed by atoms with Crippen molar-refractivity contribution in [2.75, 3.05) is 14.2 Å². The van der Waals surface area contributed by atoms with Crippen LogP contribution in [0.2, 0.25) is 0 Å². The Hall–Kier alpha value is -2.55. The molecule has 0 N–H and O–H groups in total. The van der Waals surface area contributed by atoms with Crippen LogP contribution in [0.15, 0.2) is 54.6 Å². The number of carbonyl (C=O) groups is 1. The fourth-order valence-electron chi connectivity index (χ4n) is 2.21. The molecule has 0 fully saturated rings. The zero-order valence-electron chi connectivity index (χ0n) is 13.2. The summed E-state index contributed by atoms with van der Waals surface area (Å²) in [5, 5.41) is 0. The van der Waals surface area contributed by atoms with Crippen molar-refractivity contribution in [3.63, 3.8) is 0 Å². The number of benzene rings is 2. The van der Waals surface area contributed by atoms with Gasteiger partial charge in [0.2, 0.25) is 5.91 Å². The van der Waals surface area contributed by atoms with Gasteiger partial charge in [-0.2, -0.15) is 0 Å². The molecular formula is C19H21NO2. The molecule has 2 rings (SSSR count). The molecule has 0 aliphatic carbocycles. The maximum atomic E-state index is 12.2. The van der Waals surface area contributed by atoms with E-state index in [1.54, 1.807) is 31.2 Å². The molecule has 22 heavy (non-hydrogen) atoms. The van der Waals surface area contributed by atoms with Crippen LogP contribution in [0.3, 0.4) is 0 Å². The molecule has 0 spiro atoms. The highest BCUT2D eigenvalue weighted by atomic mass is 16.5. The fourth-order valence-corrected chi connectivity index (χ4v) is 2.21. The Morgan fingerprint density at radius 3 is 2.59 bits per heavy atom. The normalized spacial score (nSPS) is 10.7. The lowest BCUT2D eigenvalue weighted by Crippen LogP contribution is -2.24. The van der Waals surface area contributed by atoms with E-state index in [0.29, 0.717) is 6.54 Å². The summed E-state index contributed by atoms with van der Waals surface area (Å²) in [6.45, 7) is 2.61. The van der Waals surface area contributed by atoms with Crippen LogP contribution in [-0.4, -0.2) is 25.0 Å². The van der Waals surface area contributed by atoms with E-state index in [2.05, 4.69) is 0 Å². The van der Waals surface area contributed by atoms with Gasteiger partial charge in [0.1, 0.15) is 5.75 Å². The molecule has 2 aromatic rings. The Labute approximate surface area is 131 Å². The minimum atomic E-state index is -0.0348. The van der Waals surface area contributed by atoms with Crippen molar-refractivity contribution in [2.45, 2.75) is 13.5 Å². The van der Waals surface area contributed by atoms with Crippen molar-refractivity contribution >= 4 is 12.0 Å². The van der Waals surface area contributed by atoms with Gasteiger partial charge < -0.3 is 9.64 Å². The third-order valence-electron chi connectivity index (χ3n) is 3.43. The van der Waals surface area contributed by atoms with Gasteiger partial charge in [0, 0.05) is 25.2 Å². The summed E-state index contributed by atoms with van der Waals surface area (Å²) in [6.07, 6.45) is 3.38. The van der Waals surface area contributed by atoms with Crippen LogP contribution < -0.4 is 4.74 Å². The predicted molar refractivity (Wildman–Crippen MR) is 89.7 cm³/mol. The van der Waals surface area contributed by atoms with Gasteiger partial charge in [-0.25, -0.2) is 0 Å². The Morgan fingerprint density at radius 2 is 1.91 bits per heavy atom. The van der Waals surface area contributed by atoms with E-state index in [9.17, 15) is 4.79 Å². The molecule has 0 radical (unpaired) electrons. The molecular weight excluding hydrogens is 274 g/mol. The van der Waals surface area contributed by atoms with Gasteiger partial charge in [0.25, 0.3) is 0 Å². The maximum absolute atomic E-state index is 12.2. The van der Waals surface area contributed by atoms with E-state index in [1.807, 2.05) is 55.5 Å². The summed E-state index contributed by atoms with van der Waals surface area (Å²) in [4.78, 5) is 13.9. The quantitative estimate of drug-likeness (QED) is 0.788. The number of amides is 1. The summed E-state index contributed by atoms with van der Waals surface area (Å²) in [6, 6.07) is 15.8. The van der Waals surface area contributed by atoms with Crippen LogP contribution >= 0.6 is 0 Å². The van der Waals surface area contributed by atoms with Crippen molar-refractivity contribution in [1.82, 2.24) is 4.90 Å². The Balaban J connectivity index is 2.06. The first-order chi connectivity index (χ1) is 10.6. The Morgan fingerprint density at radius 1 is 1.18 bits per heavy atom. The van der Waals surface area contributed by atoms with Crippen LogP contribution in [0.5, 0.6) is 5.75 Å². The molecule has 2 aromatic carbocycles. The van der Waals surface area contributed by atoms with Crippen LogP contribution in [0.4, 0.5) is 0 Å². The second kappa shape index (κ2) is 7.46. The van der Waals surface area contributed by atoms with E-state index in [1.165, 1.54) is 0 Å². The zero-order chi connectivity index (χ0) is 15.9. The van der Waals surface area contributed by atoms with Crippen molar-refractivity contribution < 1.29 is 9.53 Å². The largest absolute Gasteiger partial charge is 0.496 e. The summed E-state index contributed by atoms with van der Waals surface area (Å²) < 4.78 is 5.31. The maximum Gasteiger partial charge on any atom is 0.246 e. The monoisotopic (exact) mass is 295 g/mol. The van der Waals surface area contributed by atoms with E-state index in [4.69, 9.17) is 4.74 Å². The third-order valence-corrected chi connectivity index (χ3v) is 3.43. The first kappa shape index (κ1) is 15.8. The van der Waals surface area contributed by atoms with Gasteiger partial charge in [-0.1, -0.05) is 42.0 Å². The number of carbonyl (C=O) groups excluding carboxylic acids is 1. The summed E-state index contributed by atoms with van der Waals surface area (Å²) in [5.74, 6) is 0.729. The number of aryl methyl sites for hydroxylation is 1. The summed E-state index contributed by atoms with van der Waals surface area (Å²) in [7, 11) is 3.43. The summed E-state index contributed by atoms with van der Waals surface area (Å²) in [5.41, 5.74) is 3.15. The highest BCUT2D eigenvalue weighted by Gasteiger charge is 2.06. The molecule has 0 aliphatic rings. The molecule has 0 aliphatic heterocycles. The zero-order valence-corrected chi connectivity index (χ0v) is 13.2. The topological polar surface area (TPSA) is 29.5 Å². The highest BCUT2D eigenvalue weighted by molar-refractivity contribution is 5.92. The van der Waals surface area contributed by atoms with Gasteiger partial charge in [-0.15, -0.1) is 0 Å². The third kappa shape index (κ3) is 4.22. The van der Waals surface area contributed by atoms with Gasteiger partial charge in [0.15, 0.2) is 0 Å². The minimum absolute atomic E-state index is 0.0348. The van der Waals surface area contributed by atoms with Crippen molar-refractivity contribution in [2.24, 2.45) is 0 Å². The first-order valence-corrected chi connectivity index (χ1v) is 7.22. The smallest absolute Gasteiger partial charge is 0.246 e. The standard InChI is InChI=1S/C19H21NO2/c1-15-9-11-18(22-3)17(13-15)10-12-19(21)20(2)14-16-7-5-4-6-8-16/h4-13H,14H2,1-3H3. The van der Waals surface area contributed by atoms with Crippen molar-refractivity contribution in [3.05, 3.63) is 71.3 Å². The lowest BCUT2D eigenvalue weighted by molar-refractivity contribution is -0.125. The number of hydrogen-bond donors (Lipinski definition) is 0. The van der Waals surface area contributed by atoms with Gasteiger partial charge in [-0.3, -0.25) is 4.79 Å². The first-order valence-electron chi connectivity index (χ1n) is 7.22. The SMILES string of the molecule is COc1ccc(C)cc1C=CC(=O)N(C)Cc1ccccc1. The van der Waals surface area contributed by atoms with E-state index >= 15 is 0 Å². The van der Waals surface area contributed by atoms with Crippen molar-refractivity contribution in [3.8, 4) is 5.75 Å². The number of hydrogen-bond acceptors (Lipinski definition) is 2. The number of rotatable bonds is 5. The van der Waals surface area contributed by atoms with Crippen LogP contribution in [0, 0.1) is 6.92 Å². The number of likely N-dealkylation sites (N-methyl/N-ethyl adjacent to an activating group) is 1. The molecule has 0 saturated carbocycles. The van der Waals surface area contributed by atoms with Gasteiger partial charge in [0.05, 0.1) is 7.11 Å². The van der Waals surface area contributed by atoms with Crippen LogP contribution in [0.1, 0.15) is 16.7 Å². The molecule has 0 unspecified atom stereocenters. The van der Waals surface area contributed by atoms with E-state index in [-0.39, 0.29) is 5.91 Å². The average Bonchev–Trinajstić information content (AvgIpc) is 2.53. The molecule has 0 aromatic heterocycles. The Bertz CT molecular complexity index is 662. The van der Waals surface area contributed by atoms with Gasteiger partial charge >= 0.3 is 0 Å². The minimum Gasteiger partial charge on any atom is -0.496 e. The summed E-state index contributed by atoms with van der Waals surface area (Å²) >= 11 is 0. The molecule has 0 atom stereocenters. The second-order valence-electron chi connectivity index (χ2n) is 5.26. The average molecular weight is 295 g/mol. The molecule has 3 heteroatoms. The molecule has 0 saturated heterocycles. The van der Waals surface area contributed by atoms with Gasteiger partial charge in [-0.05, 0) is 30.7 Å². The Kier molecular flexibility index (Phi) is 5.37. The predicted octanol–water partition coefficient (Wildman–Crippen LogP) is 3.68. The van der Waals surface area contributed by atoms with Crippen molar-refractivity contribution in [1.29, 1.82) is 0 Å². The molecule has 1 amide bonds. The van der Waals surface area contributed by atoms with Crippen LogP contribution in [0.25, 0.3) is 6.08 Å². The fraction of sp³-hybridized carbons (Fsp3) is 0.211.